The van der Waals surface area contributed by atoms with Crippen LogP contribution in [0.25, 0.3) is 10.9 Å². The van der Waals surface area contributed by atoms with E-state index >= 15 is 0 Å². The minimum Gasteiger partial charge on any atom is -0.508 e. The molecule has 0 amide bonds. The van der Waals surface area contributed by atoms with E-state index in [1.54, 1.807) is 42.5 Å². The number of aliphatic hydroxyl groups is 1. The third-order valence-electron chi connectivity index (χ3n) is 3.94. The summed E-state index contributed by atoms with van der Waals surface area (Å²) in [6, 6.07) is 13.3. The van der Waals surface area contributed by atoms with Crippen LogP contribution in [0.1, 0.15) is 5.56 Å². The minimum atomic E-state index is -0.489. The summed E-state index contributed by atoms with van der Waals surface area (Å²) in [6.45, 7) is -0.200. The third-order valence-corrected chi connectivity index (χ3v) is 3.94. The van der Waals surface area contributed by atoms with Crippen molar-refractivity contribution >= 4 is 22.3 Å². The second kappa shape index (κ2) is 7.14. The summed E-state index contributed by atoms with van der Waals surface area (Å²) in [5.41, 5.74) is 1.73. The Bertz CT molecular complexity index is 896. The van der Waals surface area contributed by atoms with Crippen LogP contribution in [0.15, 0.2) is 54.7 Å². The number of nitrogens with zero attached hydrogens (tertiary/aromatic N) is 2. The summed E-state index contributed by atoms with van der Waals surface area (Å²) < 4.78 is 0. The zero-order chi connectivity index (χ0) is 17.8. The van der Waals surface area contributed by atoms with Gasteiger partial charge in [-0.15, -0.1) is 0 Å². The number of nitro groups is 1. The molecule has 0 unspecified atom stereocenters. The van der Waals surface area contributed by atoms with Crippen molar-refractivity contribution in [3.8, 4) is 5.75 Å². The van der Waals surface area contributed by atoms with Crippen LogP contribution in [0, 0.1) is 10.1 Å². The van der Waals surface area contributed by atoms with Gasteiger partial charge in [0, 0.05) is 5.39 Å². The van der Waals surface area contributed by atoms with Crippen LogP contribution < -0.4 is 5.32 Å². The molecule has 7 heteroatoms. The lowest BCUT2D eigenvalue weighted by molar-refractivity contribution is -0.384. The summed E-state index contributed by atoms with van der Waals surface area (Å²) in [6.07, 6.45) is 1.67. The molecule has 3 rings (SSSR count). The van der Waals surface area contributed by atoms with Crippen LogP contribution in [0.3, 0.4) is 0 Å². The van der Waals surface area contributed by atoms with Gasteiger partial charge in [0.1, 0.15) is 17.6 Å². The highest BCUT2D eigenvalue weighted by molar-refractivity contribution is 5.95. The van der Waals surface area contributed by atoms with Gasteiger partial charge in [-0.2, -0.15) is 0 Å². The first kappa shape index (κ1) is 16.7. The van der Waals surface area contributed by atoms with E-state index in [9.17, 15) is 20.3 Å². The van der Waals surface area contributed by atoms with Crippen molar-refractivity contribution in [3.63, 3.8) is 0 Å². The first-order valence-corrected chi connectivity index (χ1v) is 7.76. The number of nitrogens with one attached hydrogen (secondary N) is 1. The van der Waals surface area contributed by atoms with Gasteiger partial charge in [-0.25, -0.2) is 4.98 Å². The molecule has 1 atom stereocenters. The van der Waals surface area contributed by atoms with Crippen molar-refractivity contribution in [2.45, 2.75) is 12.5 Å². The van der Waals surface area contributed by atoms with E-state index in [1.165, 1.54) is 6.20 Å². The van der Waals surface area contributed by atoms with Crippen LogP contribution >= 0.6 is 0 Å². The number of phenolic OH excluding ortho intramolecular Hbond substituents is 1. The van der Waals surface area contributed by atoms with Gasteiger partial charge in [-0.05, 0) is 30.2 Å². The Morgan fingerprint density at radius 3 is 2.56 bits per heavy atom. The highest BCUT2D eigenvalue weighted by Gasteiger charge is 2.21. The van der Waals surface area contributed by atoms with Gasteiger partial charge in [-0.1, -0.05) is 30.3 Å². The second-order valence-corrected chi connectivity index (χ2v) is 5.69. The molecule has 0 spiro atoms. The molecule has 0 saturated heterocycles. The lowest BCUT2D eigenvalue weighted by atomic mass is 10.0. The highest BCUT2D eigenvalue weighted by Crippen LogP contribution is 2.32. The third kappa shape index (κ3) is 3.67. The Kier molecular flexibility index (Phi) is 4.76. The summed E-state index contributed by atoms with van der Waals surface area (Å²) in [7, 11) is 0. The maximum absolute atomic E-state index is 11.4. The van der Waals surface area contributed by atoms with E-state index < -0.39 is 11.0 Å². The molecule has 25 heavy (non-hydrogen) atoms. The molecule has 0 saturated carbocycles. The zero-order valence-corrected chi connectivity index (χ0v) is 13.3. The lowest BCUT2D eigenvalue weighted by Crippen LogP contribution is -2.27. The van der Waals surface area contributed by atoms with Crippen molar-refractivity contribution in [2.75, 3.05) is 11.9 Å². The Hall–Kier alpha value is -3.19. The van der Waals surface area contributed by atoms with Crippen molar-refractivity contribution in [3.05, 3.63) is 70.4 Å². The molecule has 1 aromatic heterocycles. The zero-order valence-electron chi connectivity index (χ0n) is 13.3. The number of para-hydroxylation sites is 1. The first-order valence-electron chi connectivity index (χ1n) is 7.76. The molecule has 2 aromatic carbocycles. The Morgan fingerprint density at radius 1 is 1.16 bits per heavy atom. The molecule has 1 heterocycles. The Balaban J connectivity index is 1.95. The normalized spacial score (nSPS) is 12.0. The van der Waals surface area contributed by atoms with Gasteiger partial charge in [0.25, 0.3) is 0 Å². The number of hydrogen-bond acceptors (Lipinski definition) is 6. The average molecular weight is 339 g/mol. The van der Waals surface area contributed by atoms with E-state index in [0.29, 0.717) is 23.0 Å². The van der Waals surface area contributed by atoms with E-state index in [1.807, 2.05) is 6.07 Å². The predicted molar refractivity (Wildman–Crippen MR) is 94.7 cm³/mol. The standard InChI is InChI=1S/C18H17N3O4/c22-11-13(9-12-5-7-14(23)8-6-12)20-18-15-3-1-2-4-16(15)19-10-17(18)21(24)25/h1-8,10,13,22-23H,9,11H2,(H,19,20)/t13-/m0/s1. The molecule has 0 aliphatic carbocycles. The maximum Gasteiger partial charge on any atom is 0.311 e. The Morgan fingerprint density at radius 2 is 1.88 bits per heavy atom. The molecule has 0 aliphatic rings. The maximum atomic E-state index is 11.4. The number of pyridine rings is 1. The number of aliphatic hydroxyl groups excluding tert-OH is 1. The molecule has 128 valence electrons. The smallest absolute Gasteiger partial charge is 0.311 e. The summed E-state index contributed by atoms with van der Waals surface area (Å²) in [5, 5.41) is 34.1. The van der Waals surface area contributed by atoms with Gasteiger partial charge in [-0.3, -0.25) is 10.1 Å². The van der Waals surface area contributed by atoms with Crippen molar-refractivity contribution < 1.29 is 15.1 Å². The van der Waals surface area contributed by atoms with Gasteiger partial charge >= 0.3 is 5.69 Å². The van der Waals surface area contributed by atoms with Crippen LogP contribution in [-0.4, -0.2) is 32.8 Å². The summed E-state index contributed by atoms with van der Waals surface area (Å²) in [4.78, 5) is 15.0. The van der Waals surface area contributed by atoms with Gasteiger partial charge in [0.15, 0.2) is 0 Å². The molecule has 0 aliphatic heterocycles. The molecule has 3 aromatic rings. The van der Waals surface area contributed by atoms with E-state index in [4.69, 9.17) is 0 Å². The fraction of sp³-hybridized carbons (Fsp3) is 0.167. The fourth-order valence-electron chi connectivity index (χ4n) is 2.70. The minimum absolute atomic E-state index is 0.136. The van der Waals surface area contributed by atoms with Crippen LogP contribution in [-0.2, 0) is 6.42 Å². The largest absolute Gasteiger partial charge is 0.508 e. The fourth-order valence-corrected chi connectivity index (χ4v) is 2.70. The second-order valence-electron chi connectivity index (χ2n) is 5.69. The van der Waals surface area contributed by atoms with Crippen molar-refractivity contribution in [2.24, 2.45) is 0 Å². The number of rotatable bonds is 6. The first-order chi connectivity index (χ1) is 12.1. The molecular formula is C18H17N3O4. The van der Waals surface area contributed by atoms with E-state index in [2.05, 4.69) is 10.3 Å². The molecule has 0 radical (unpaired) electrons. The van der Waals surface area contributed by atoms with Crippen molar-refractivity contribution in [1.29, 1.82) is 0 Å². The number of aromatic hydroxyl groups is 1. The number of hydrogen-bond donors (Lipinski definition) is 3. The number of fused-ring (bicyclic) bond motifs is 1. The monoisotopic (exact) mass is 339 g/mol. The van der Waals surface area contributed by atoms with Gasteiger partial charge < -0.3 is 15.5 Å². The van der Waals surface area contributed by atoms with Gasteiger partial charge in [0.2, 0.25) is 0 Å². The number of benzene rings is 2. The average Bonchev–Trinajstić information content (AvgIpc) is 2.62. The highest BCUT2D eigenvalue weighted by atomic mass is 16.6. The predicted octanol–water partition coefficient (Wildman–Crippen LogP) is 2.86. The quantitative estimate of drug-likeness (QED) is 0.471. The molecule has 0 fully saturated rings. The van der Waals surface area contributed by atoms with E-state index in [-0.39, 0.29) is 18.0 Å². The Labute approximate surface area is 143 Å². The van der Waals surface area contributed by atoms with Gasteiger partial charge in [0.05, 0.1) is 23.1 Å². The van der Waals surface area contributed by atoms with Crippen LogP contribution in [0.5, 0.6) is 5.75 Å². The number of aromatic nitrogens is 1. The summed E-state index contributed by atoms with van der Waals surface area (Å²) in [5.74, 6) is 0.160. The molecule has 7 nitrogen and oxygen atoms in total. The topological polar surface area (TPSA) is 109 Å². The molecular weight excluding hydrogens is 322 g/mol. The SMILES string of the molecule is O=[N+]([O-])c1cnc2ccccc2c1N[C@H](CO)Cc1ccc(O)cc1. The van der Waals surface area contributed by atoms with Crippen LogP contribution in [0.2, 0.25) is 0 Å². The lowest BCUT2D eigenvalue weighted by Gasteiger charge is -2.19. The number of phenols is 1. The number of anilines is 1. The molecule has 0 bridgehead atoms. The van der Waals surface area contributed by atoms with E-state index in [0.717, 1.165) is 5.56 Å². The molecule has 3 N–H and O–H groups in total. The summed E-state index contributed by atoms with van der Waals surface area (Å²) >= 11 is 0. The van der Waals surface area contributed by atoms with Crippen LogP contribution in [0.4, 0.5) is 11.4 Å². The van der Waals surface area contributed by atoms with Crippen molar-refractivity contribution in [1.82, 2.24) is 4.98 Å².